The minimum absolute atomic E-state index is 0.0573. The van der Waals surface area contributed by atoms with Gasteiger partial charge in [-0.05, 0) is 53.1 Å². The van der Waals surface area contributed by atoms with E-state index in [0.29, 0.717) is 57.4 Å². The summed E-state index contributed by atoms with van der Waals surface area (Å²) in [5, 5.41) is 5.68. The maximum Gasteiger partial charge on any atom is 0.294 e. The zero-order chi connectivity index (χ0) is 27.2. The molecule has 0 spiro atoms. The minimum Gasteiger partial charge on any atom is -0.496 e. The molecule has 0 aliphatic carbocycles. The van der Waals surface area contributed by atoms with E-state index in [2.05, 4.69) is 15.1 Å². The molecule has 5 heterocycles. The van der Waals surface area contributed by atoms with Crippen LogP contribution in [0.3, 0.4) is 0 Å². The molecule has 200 valence electrons. The average molecular weight is 554 g/mol. The third-order valence-corrected chi connectivity index (χ3v) is 7.81. The van der Waals surface area contributed by atoms with E-state index in [1.54, 1.807) is 49.5 Å². The second-order valence-electron chi connectivity index (χ2n) is 9.23. The molecule has 0 atom stereocenters. The van der Waals surface area contributed by atoms with Gasteiger partial charge in [-0.15, -0.1) is 5.10 Å². The number of furan rings is 1. The molecule has 4 aromatic heterocycles. The lowest BCUT2D eigenvalue weighted by atomic mass is 10.1. The summed E-state index contributed by atoms with van der Waals surface area (Å²) in [7, 11) is 3.18. The highest BCUT2D eigenvalue weighted by molar-refractivity contribution is 7.18. The lowest BCUT2D eigenvalue weighted by Gasteiger charge is -2.18. The monoisotopic (exact) mass is 553 g/mol. The van der Waals surface area contributed by atoms with Crippen LogP contribution >= 0.6 is 11.3 Å². The number of imidazole rings is 1. The SMILES string of the molecule is COc1cc(OCc2cccc3c2CCN3C(=O)c2cccnc2)c2cc(-c3cn4nc(OC)sc4n3)oc2c1. The summed E-state index contributed by atoms with van der Waals surface area (Å²) < 4.78 is 24.9. The summed E-state index contributed by atoms with van der Waals surface area (Å²) in [5.74, 6) is 1.78. The van der Waals surface area contributed by atoms with Crippen LogP contribution in [-0.4, -0.2) is 46.3 Å². The van der Waals surface area contributed by atoms with Crippen LogP contribution in [0, 0.1) is 0 Å². The number of hydrogen-bond donors (Lipinski definition) is 0. The Kier molecular flexibility index (Phi) is 5.85. The Morgan fingerprint density at radius 3 is 2.85 bits per heavy atom. The molecule has 6 aromatic rings. The first kappa shape index (κ1) is 24.2. The van der Waals surface area contributed by atoms with Gasteiger partial charge >= 0.3 is 0 Å². The van der Waals surface area contributed by atoms with Crippen molar-refractivity contribution in [2.24, 2.45) is 0 Å². The van der Waals surface area contributed by atoms with Gasteiger partial charge in [-0.2, -0.15) is 0 Å². The molecular formula is C29H23N5O5S. The number of ether oxygens (including phenoxy) is 3. The average Bonchev–Trinajstić information content (AvgIpc) is 3.77. The first-order chi connectivity index (χ1) is 19.6. The van der Waals surface area contributed by atoms with E-state index in [-0.39, 0.29) is 5.91 Å². The maximum absolute atomic E-state index is 13.1. The number of rotatable bonds is 7. The number of hydrogen-bond acceptors (Lipinski definition) is 9. The van der Waals surface area contributed by atoms with Crippen molar-refractivity contribution < 1.29 is 23.4 Å². The van der Waals surface area contributed by atoms with E-state index in [0.717, 1.165) is 28.6 Å². The molecule has 10 nitrogen and oxygen atoms in total. The molecule has 0 saturated carbocycles. The van der Waals surface area contributed by atoms with Crippen molar-refractivity contribution >= 4 is 38.9 Å². The highest BCUT2D eigenvalue weighted by atomic mass is 32.1. The standard InChI is InChI=1S/C29H23N5O5S/c1-36-19-11-24(21-13-26(39-25(21)12-19)22-15-34-28(31-22)40-29(32-34)37-2)38-16-18-5-3-7-23-20(18)8-10-33(23)27(35)17-6-4-9-30-14-17/h3-7,9,11-15H,8,10,16H2,1-2H3. The second-order valence-corrected chi connectivity index (χ2v) is 10.1. The quantitative estimate of drug-likeness (QED) is 0.259. The van der Waals surface area contributed by atoms with Gasteiger partial charge in [-0.25, -0.2) is 9.50 Å². The zero-order valence-electron chi connectivity index (χ0n) is 21.7. The predicted octanol–water partition coefficient (Wildman–Crippen LogP) is 5.40. The summed E-state index contributed by atoms with van der Waals surface area (Å²) >= 11 is 1.35. The van der Waals surface area contributed by atoms with Crippen LogP contribution in [0.5, 0.6) is 16.7 Å². The number of benzene rings is 2. The molecule has 0 saturated heterocycles. The number of carbonyl (C=O) groups excluding carboxylic acids is 1. The lowest BCUT2D eigenvalue weighted by Crippen LogP contribution is -2.28. The highest BCUT2D eigenvalue weighted by Gasteiger charge is 2.27. The highest BCUT2D eigenvalue weighted by Crippen LogP contribution is 2.38. The Balaban J connectivity index is 1.18. The normalized spacial score (nSPS) is 12.7. The van der Waals surface area contributed by atoms with E-state index in [1.165, 1.54) is 11.3 Å². The van der Waals surface area contributed by atoms with Gasteiger partial charge < -0.3 is 23.5 Å². The van der Waals surface area contributed by atoms with E-state index >= 15 is 0 Å². The Morgan fingerprint density at radius 2 is 2.05 bits per heavy atom. The fourth-order valence-corrected chi connectivity index (χ4v) is 5.68. The summed E-state index contributed by atoms with van der Waals surface area (Å²) in [6.07, 6.45) is 5.81. The van der Waals surface area contributed by atoms with E-state index in [1.807, 2.05) is 41.3 Å². The zero-order valence-corrected chi connectivity index (χ0v) is 22.5. The number of methoxy groups -OCH3 is 2. The van der Waals surface area contributed by atoms with Crippen molar-refractivity contribution in [3.63, 3.8) is 0 Å². The molecule has 7 rings (SSSR count). The Hall–Kier alpha value is -4.90. The van der Waals surface area contributed by atoms with Gasteiger partial charge in [0.25, 0.3) is 11.1 Å². The van der Waals surface area contributed by atoms with Crippen molar-refractivity contribution in [2.75, 3.05) is 25.7 Å². The van der Waals surface area contributed by atoms with E-state index < -0.39 is 0 Å². The number of anilines is 1. The maximum atomic E-state index is 13.1. The molecule has 2 aromatic carbocycles. The van der Waals surface area contributed by atoms with Crippen LogP contribution in [0.4, 0.5) is 5.69 Å². The van der Waals surface area contributed by atoms with Gasteiger partial charge in [-0.1, -0.05) is 12.1 Å². The number of carbonyl (C=O) groups is 1. The topological polar surface area (TPSA) is 104 Å². The van der Waals surface area contributed by atoms with Gasteiger partial charge in [-0.3, -0.25) is 9.78 Å². The lowest BCUT2D eigenvalue weighted by molar-refractivity contribution is 0.0989. The number of fused-ring (bicyclic) bond motifs is 3. The van der Waals surface area contributed by atoms with Gasteiger partial charge in [0.05, 0.1) is 31.4 Å². The summed E-state index contributed by atoms with van der Waals surface area (Å²) in [6.45, 7) is 0.933. The Bertz CT molecular complexity index is 1850. The molecule has 1 amide bonds. The smallest absolute Gasteiger partial charge is 0.294 e. The molecule has 0 bridgehead atoms. The summed E-state index contributed by atoms with van der Waals surface area (Å²) in [6, 6.07) is 15.1. The van der Waals surface area contributed by atoms with Crippen molar-refractivity contribution in [3.8, 4) is 28.1 Å². The second kappa shape index (κ2) is 9.69. The Morgan fingerprint density at radius 1 is 1.12 bits per heavy atom. The number of aromatic nitrogens is 4. The molecule has 11 heteroatoms. The Labute approximate surface area is 232 Å². The predicted molar refractivity (Wildman–Crippen MR) is 150 cm³/mol. The van der Waals surface area contributed by atoms with Gasteiger partial charge in [0.1, 0.15) is 29.4 Å². The molecule has 0 unspecified atom stereocenters. The third kappa shape index (κ3) is 4.11. The molecule has 0 fully saturated rings. The number of amides is 1. The van der Waals surface area contributed by atoms with Crippen LogP contribution in [0.25, 0.3) is 27.4 Å². The van der Waals surface area contributed by atoms with Crippen LogP contribution in [0.1, 0.15) is 21.5 Å². The van der Waals surface area contributed by atoms with Gasteiger partial charge in [0, 0.05) is 36.8 Å². The van der Waals surface area contributed by atoms with E-state index in [4.69, 9.17) is 18.6 Å². The van der Waals surface area contributed by atoms with Gasteiger partial charge in [0.15, 0.2) is 5.76 Å². The van der Waals surface area contributed by atoms with Crippen molar-refractivity contribution in [1.29, 1.82) is 0 Å². The molecule has 40 heavy (non-hydrogen) atoms. The molecule has 0 radical (unpaired) electrons. The van der Waals surface area contributed by atoms with Crippen molar-refractivity contribution in [1.82, 2.24) is 19.6 Å². The number of pyridine rings is 1. The van der Waals surface area contributed by atoms with Crippen LogP contribution in [0.15, 0.2) is 71.5 Å². The fourth-order valence-electron chi connectivity index (χ4n) is 4.98. The first-order valence-electron chi connectivity index (χ1n) is 12.6. The molecule has 1 aliphatic rings. The van der Waals surface area contributed by atoms with Crippen LogP contribution in [0.2, 0.25) is 0 Å². The number of nitrogens with zero attached hydrogens (tertiary/aromatic N) is 5. The van der Waals surface area contributed by atoms with Crippen molar-refractivity contribution in [3.05, 3.63) is 83.8 Å². The molecule has 0 N–H and O–H groups in total. The summed E-state index contributed by atoms with van der Waals surface area (Å²) in [4.78, 5) is 24.4. The van der Waals surface area contributed by atoms with Crippen LogP contribution in [-0.2, 0) is 13.0 Å². The fraction of sp³-hybridized carbons (Fsp3) is 0.172. The van der Waals surface area contributed by atoms with Gasteiger partial charge in [0.2, 0.25) is 4.96 Å². The largest absolute Gasteiger partial charge is 0.496 e. The summed E-state index contributed by atoms with van der Waals surface area (Å²) in [5.41, 5.74) is 4.88. The van der Waals surface area contributed by atoms with Crippen LogP contribution < -0.4 is 19.1 Å². The minimum atomic E-state index is -0.0573. The molecular weight excluding hydrogens is 530 g/mol. The van der Waals surface area contributed by atoms with Crippen molar-refractivity contribution in [2.45, 2.75) is 13.0 Å². The third-order valence-electron chi connectivity index (χ3n) is 6.92. The first-order valence-corrected chi connectivity index (χ1v) is 13.4. The van der Waals surface area contributed by atoms with E-state index in [9.17, 15) is 4.79 Å². The molecule has 1 aliphatic heterocycles.